The summed E-state index contributed by atoms with van der Waals surface area (Å²) in [5.41, 5.74) is 3.64. The van der Waals surface area contributed by atoms with Crippen molar-refractivity contribution in [2.45, 2.75) is 45.4 Å². The van der Waals surface area contributed by atoms with Crippen molar-refractivity contribution in [3.8, 4) is 0 Å². The summed E-state index contributed by atoms with van der Waals surface area (Å²) < 4.78 is 7.90. The first-order valence-electron chi connectivity index (χ1n) is 9.11. The summed E-state index contributed by atoms with van der Waals surface area (Å²) in [7, 11) is 2.11. The van der Waals surface area contributed by atoms with E-state index in [9.17, 15) is 5.11 Å². The first kappa shape index (κ1) is 18.1. The minimum absolute atomic E-state index is 0.359. The molecule has 0 saturated carbocycles. The Morgan fingerprint density at radius 1 is 1.24 bits per heavy atom. The van der Waals surface area contributed by atoms with Gasteiger partial charge >= 0.3 is 0 Å². The Balaban J connectivity index is 1.48. The number of hydrogen-bond donors (Lipinski definition) is 1. The van der Waals surface area contributed by atoms with Gasteiger partial charge in [0.2, 0.25) is 0 Å². The van der Waals surface area contributed by atoms with Crippen molar-refractivity contribution in [2.24, 2.45) is 7.05 Å². The molecule has 0 bridgehead atoms. The Labute approximate surface area is 150 Å². The van der Waals surface area contributed by atoms with Crippen LogP contribution in [0.1, 0.15) is 42.5 Å². The zero-order valence-corrected chi connectivity index (χ0v) is 15.5. The lowest BCUT2D eigenvalue weighted by atomic mass is 10.1. The second-order valence-corrected chi connectivity index (χ2v) is 7.22. The molecule has 1 N–H and O–H groups in total. The lowest BCUT2D eigenvalue weighted by Crippen LogP contribution is -2.38. The van der Waals surface area contributed by atoms with Crippen molar-refractivity contribution < 1.29 is 9.84 Å². The Bertz CT molecular complexity index is 682. The van der Waals surface area contributed by atoms with Gasteiger partial charge in [0.25, 0.3) is 0 Å². The van der Waals surface area contributed by atoms with Gasteiger partial charge in [-0.3, -0.25) is 4.90 Å². The molecule has 5 nitrogen and oxygen atoms in total. The third kappa shape index (κ3) is 4.48. The molecule has 1 aromatic carbocycles. The van der Waals surface area contributed by atoms with Crippen molar-refractivity contribution in [3.05, 3.63) is 53.1 Å². The van der Waals surface area contributed by atoms with Gasteiger partial charge in [-0.25, -0.2) is 4.98 Å². The molecule has 2 heterocycles. The van der Waals surface area contributed by atoms with E-state index in [1.165, 1.54) is 5.69 Å². The number of aliphatic hydroxyl groups excluding tert-OH is 1. The molecule has 0 aliphatic carbocycles. The molecule has 0 amide bonds. The third-order valence-corrected chi connectivity index (χ3v) is 4.78. The van der Waals surface area contributed by atoms with Crippen molar-refractivity contribution in [1.82, 2.24) is 14.5 Å². The van der Waals surface area contributed by atoms with E-state index < -0.39 is 6.10 Å². The number of benzene rings is 1. The van der Waals surface area contributed by atoms with Gasteiger partial charge in [0.05, 0.1) is 25.0 Å². The molecule has 1 atom stereocenters. The average molecular weight is 343 g/mol. The Morgan fingerprint density at radius 2 is 2.00 bits per heavy atom. The quantitative estimate of drug-likeness (QED) is 0.839. The van der Waals surface area contributed by atoms with Crippen LogP contribution in [0.4, 0.5) is 0 Å². The van der Waals surface area contributed by atoms with Gasteiger partial charge in [-0.1, -0.05) is 44.2 Å². The number of β-amino-alcohol motifs (C(OH)–C–C–N with tert-alkyl or cyclic N) is 1. The van der Waals surface area contributed by atoms with Crippen molar-refractivity contribution in [1.29, 1.82) is 0 Å². The molecule has 1 aromatic heterocycles. The number of rotatable bonds is 7. The number of fused-ring (bicyclic) bond motifs is 1. The van der Waals surface area contributed by atoms with Crippen molar-refractivity contribution in [3.63, 3.8) is 0 Å². The van der Waals surface area contributed by atoms with Crippen LogP contribution in [0.25, 0.3) is 0 Å². The lowest BCUT2D eigenvalue weighted by Gasteiger charge is -2.28. The fraction of sp³-hybridized carbons (Fsp3) is 0.550. The number of aromatic nitrogens is 2. The van der Waals surface area contributed by atoms with E-state index in [0.29, 0.717) is 25.7 Å². The van der Waals surface area contributed by atoms with E-state index in [0.717, 1.165) is 36.6 Å². The summed E-state index contributed by atoms with van der Waals surface area (Å²) >= 11 is 0. The molecule has 0 spiro atoms. The van der Waals surface area contributed by atoms with Crippen molar-refractivity contribution >= 4 is 0 Å². The number of hydrogen-bond acceptors (Lipinski definition) is 4. The molecule has 1 aliphatic heterocycles. The fourth-order valence-corrected chi connectivity index (χ4v) is 3.51. The van der Waals surface area contributed by atoms with Gasteiger partial charge in [-0.2, -0.15) is 0 Å². The minimum Gasteiger partial charge on any atom is -0.389 e. The standard InChI is InChI=1S/C20H29N3O2/c1-15(2)20-21-18-12-23(10-9-19(18)22(20)3)11-17(24)14-25-13-16-7-5-4-6-8-16/h4-8,15,17,24H,9-14H2,1-3H3/t17-/m0/s1. The van der Waals surface area contributed by atoms with Gasteiger partial charge in [-0.05, 0) is 5.56 Å². The van der Waals surface area contributed by atoms with Crippen LogP contribution in [-0.2, 0) is 31.4 Å². The van der Waals surface area contributed by atoms with E-state index >= 15 is 0 Å². The van der Waals surface area contributed by atoms with Gasteiger partial charge in [-0.15, -0.1) is 0 Å². The summed E-state index contributed by atoms with van der Waals surface area (Å²) in [6.07, 6.45) is 0.516. The predicted molar refractivity (Wildman–Crippen MR) is 98.4 cm³/mol. The van der Waals surface area contributed by atoms with Crippen LogP contribution in [0.15, 0.2) is 30.3 Å². The summed E-state index contributed by atoms with van der Waals surface area (Å²) in [5, 5.41) is 10.3. The van der Waals surface area contributed by atoms with Crippen LogP contribution in [0.3, 0.4) is 0 Å². The summed E-state index contributed by atoms with van der Waals surface area (Å²) in [6.45, 7) is 7.66. The average Bonchev–Trinajstić information content (AvgIpc) is 2.92. The highest BCUT2D eigenvalue weighted by Gasteiger charge is 2.24. The normalized spacial score (nSPS) is 16.2. The van der Waals surface area contributed by atoms with Crippen molar-refractivity contribution in [2.75, 3.05) is 19.7 Å². The van der Waals surface area contributed by atoms with Crippen LogP contribution in [0.2, 0.25) is 0 Å². The largest absolute Gasteiger partial charge is 0.389 e. The summed E-state index contributed by atoms with van der Waals surface area (Å²) in [4.78, 5) is 7.09. The maximum Gasteiger partial charge on any atom is 0.111 e. The molecule has 2 aromatic rings. The molecule has 136 valence electrons. The van der Waals surface area contributed by atoms with Crippen LogP contribution < -0.4 is 0 Å². The summed E-state index contributed by atoms with van der Waals surface area (Å²) in [6, 6.07) is 10.1. The number of nitrogens with zero attached hydrogens (tertiary/aromatic N) is 3. The predicted octanol–water partition coefficient (Wildman–Crippen LogP) is 2.48. The van der Waals surface area contributed by atoms with E-state index in [2.05, 4.69) is 30.4 Å². The molecule has 0 saturated heterocycles. The smallest absolute Gasteiger partial charge is 0.111 e. The number of imidazole rings is 1. The Kier molecular flexibility index (Phi) is 5.89. The van der Waals surface area contributed by atoms with Crippen LogP contribution >= 0.6 is 0 Å². The monoisotopic (exact) mass is 343 g/mol. The van der Waals surface area contributed by atoms with Gasteiger partial charge < -0.3 is 14.4 Å². The highest BCUT2D eigenvalue weighted by molar-refractivity contribution is 5.21. The van der Waals surface area contributed by atoms with E-state index in [1.807, 2.05) is 30.3 Å². The van der Waals surface area contributed by atoms with E-state index in [-0.39, 0.29) is 0 Å². The maximum atomic E-state index is 10.3. The van der Waals surface area contributed by atoms with E-state index in [4.69, 9.17) is 9.72 Å². The molecule has 25 heavy (non-hydrogen) atoms. The molecule has 3 rings (SSSR count). The third-order valence-electron chi connectivity index (χ3n) is 4.78. The highest BCUT2D eigenvalue weighted by atomic mass is 16.5. The molecule has 0 radical (unpaired) electrons. The summed E-state index contributed by atoms with van der Waals surface area (Å²) in [5.74, 6) is 1.58. The second kappa shape index (κ2) is 8.13. The Hall–Kier alpha value is -1.69. The van der Waals surface area contributed by atoms with E-state index in [1.54, 1.807) is 0 Å². The topological polar surface area (TPSA) is 50.5 Å². The molecule has 0 fully saturated rings. The zero-order chi connectivity index (χ0) is 17.8. The lowest BCUT2D eigenvalue weighted by molar-refractivity contribution is 0.00744. The fourth-order valence-electron chi connectivity index (χ4n) is 3.51. The molecular formula is C20H29N3O2. The molecule has 1 aliphatic rings. The first-order chi connectivity index (χ1) is 12.0. The molecular weight excluding hydrogens is 314 g/mol. The van der Waals surface area contributed by atoms with Gasteiger partial charge in [0.15, 0.2) is 0 Å². The number of aliphatic hydroxyl groups is 1. The second-order valence-electron chi connectivity index (χ2n) is 7.22. The number of ether oxygens (including phenoxy) is 1. The van der Waals surface area contributed by atoms with Gasteiger partial charge in [0, 0.05) is 44.7 Å². The highest BCUT2D eigenvalue weighted by Crippen LogP contribution is 2.23. The molecule has 5 heteroatoms. The van der Waals surface area contributed by atoms with Crippen LogP contribution in [0, 0.1) is 0 Å². The van der Waals surface area contributed by atoms with Gasteiger partial charge in [0.1, 0.15) is 5.82 Å². The van der Waals surface area contributed by atoms with Crippen LogP contribution in [-0.4, -0.2) is 45.4 Å². The maximum absolute atomic E-state index is 10.3. The zero-order valence-electron chi connectivity index (χ0n) is 15.5. The first-order valence-corrected chi connectivity index (χ1v) is 9.11. The van der Waals surface area contributed by atoms with Crippen LogP contribution in [0.5, 0.6) is 0 Å². The SMILES string of the molecule is CC(C)c1nc2c(n1C)CCN(C[C@H](O)COCc1ccccc1)C2. The molecule has 0 unspecified atom stereocenters. The Morgan fingerprint density at radius 3 is 2.72 bits per heavy atom. The minimum atomic E-state index is -0.474.